The zero-order chi connectivity index (χ0) is 23.6. The van der Waals surface area contributed by atoms with Crippen LogP contribution < -0.4 is 5.32 Å². The molecular weight excluding hydrogens is 456 g/mol. The van der Waals surface area contributed by atoms with Crippen LogP contribution in [0.2, 0.25) is 0 Å². The maximum atomic E-state index is 13.6. The molecule has 0 atom stereocenters. The number of nitrogens with one attached hydrogen (secondary N) is 1. The molecule has 1 fully saturated rings. The van der Waals surface area contributed by atoms with Gasteiger partial charge in [0.25, 0.3) is 0 Å². The number of nitrogens with zero attached hydrogens (tertiary/aromatic N) is 6. The summed E-state index contributed by atoms with van der Waals surface area (Å²) in [5.74, 6) is -1.78. The van der Waals surface area contributed by atoms with Gasteiger partial charge in [-0.15, -0.1) is 5.10 Å². The second-order valence-electron chi connectivity index (χ2n) is 7.49. The Morgan fingerprint density at radius 2 is 1.73 bits per heavy atom. The third-order valence-corrected chi connectivity index (χ3v) is 7.10. The van der Waals surface area contributed by atoms with E-state index in [-0.39, 0.29) is 29.6 Å². The normalized spacial score (nSPS) is 15.5. The minimum atomic E-state index is -3.68. The molecule has 10 nitrogen and oxygen atoms in total. The SMILES string of the molecule is CC(=O)Nc1ccc(S(=O)(=O)N2CCN(Cc3nnnn3-c3ccc(F)c(F)c3)CC2)cc1. The topological polar surface area (TPSA) is 113 Å². The lowest BCUT2D eigenvalue weighted by atomic mass is 10.3. The van der Waals surface area contributed by atoms with Gasteiger partial charge in [0.2, 0.25) is 15.9 Å². The molecule has 0 saturated carbocycles. The van der Waals surface area contributed by atoms with Crippen molar-refractivity contribution in [2.24, 2.45) is 0 Å². The van der Waals surface area contributed by atoms with E-state index >= 15 is 0 Å². The Bertz CT molecular complexity index is 1260. The number of sulfonamides is 1. The molecule has 1 aliphatic heterocycles. The van der Waals surface area contributed by atoms with Crippen LogP contribution in [-0.2, 0) is 21.4 Å². The van der Waals surface area contributed by atoms with Gasteiger partial charge >= 0.3 is 0 Å². The van der Waals surface area contributed by atoms with Crippen LogP contribution in [0.25, 0.3) is 5.69 Å². The van der Waals surface area contributed by atoms with E-state index in [9.17, 15) is 22.0 Å². The van der Waals surface area contributed by atoms with E-state index in [1.165, 1.54) is 34.1 Å². The molecule has 1 amide bonds. The summed E-state index contributed by atoms with van der Waals surface area (Å²) in [6.45, 7) is 3.10. The number of carbonyl (C=O) groups excluding carboxylic acids is 1. The first kappa shape index (κ1) is 22.9. The summed E-state index contributed by atoms with van der Waals surface area (Å²) in [6, 6.07) is 9.40. The van der Waals surface area contributed by atoms with E-state index in [1.807, 2.05) is 4.90 Å². The van der Waals surface area contributed by atoms with Gasteiger partial charge in [0.1, 0.15) is 0 Å². The lowest BCUT2D eigenvalue weighted by Crippen LogP contribution is -2.48. The van der Waals surface area contributed by atoms with Crippen molar-refractivity contribution in [3.63, 3.8) is 0 Å². The minimum Gasteiger partial charge on any atom is -0.326 e. The summed E-state index contributed by atoms with van der Waals surface area (Å²) in [4.78, 5) is 13.3. The monoisotopic (exact) mass is 477 g/mol. The zero-order valence-electron chi connectivity index (χ0n) is 17.6. The van der Waals surface area contributed by atoms with Gasteiger partial charge in [-0.05, 0) is 46.8 Å². The molecule has 3 aromatic rings. The standard InChI is InChI=1S/C20H21F2N7O3S/c1-14(30)23-15-2-5-17(6-3-15)33(31,32)28-10-8-27(9-11-28)13-20-24-25-26-29(20)16-4-7-18(21)19(22)12-16/h2-7,12H,8-11,13H2,1H3,(H,23,30). The molecule has 0 unspecified atom stereocenters. The van der Waals surface area contributed by atoms with Crippen LogP contribution in [-0.4, -0.2) is 69.9 Å². The predicted molar refractivity (Wildman–Crippen MR) is 114 cm³/mol. The number of anilines is 1. The minimum absolute atomic E-state index is 0.146. The average Bonchev–Trinajstić information content (AvgIpc) is 3.24. The number of benzene rings is 2. The van der Waals surface area contributed by atoms with Crippen molar-refractivity contribution in [3.05, 3.63) is 59.9 Å². The van der Waals surface area contributed by atoms with Crippen LogP contribution in [0.5, 0.6) is 0 Å². The third-order valence-electron chi connectivity index (χ3n) is 5.19. The van der Waals surface area contributed by atoms with Crippen LogP contribution in [0.1, 0.15) is 12.7 Å². The van der Waals surface area contributed by atoms with E-state index in [4.69, 9.17) is 0 Å². The molecule has 2 heterocycles. The van der Waals surface area contributed by atoms with Gasteiger partial charge in [0.05, 0.1) is 17.1 Å². The highest BCUT2D eigenvalue weighted by Gasteiger charge is 2.29. The number of tetrazole rings is 1. The molecule has 33 heavy (non-hydrogen) atoms. The van der Waals surface area contributed by atoms with Crippen LogP contribution in [0.4, 0.5) is 14.5 Å². The van der Waals surface area contributed by atoms with Crippen LogP contribution in [0, 0.1) is 11.6 Å². The molecule has 1 aromatic heterocycles. The summed E-state index contributed by atoms with van der Waals surface area (Å²) < 4.78 is 55.5. The lowest BCUT2D eigenvalue weighted by Gasteiger charge is -2.33. The number of hydrogen-bond acceptors (Lipinski definition) is 7. The Hall–Kier alpha value is -3.29. The van der Waals surface area contributed by atoms with E-state index in [0.717, 1.165) is 12.1 Å². The first-order chi connectivity index (χ1) is 15.7. The Balaban J connectivity index is 1.40. The Morgan fingerprint density at radius 1 is 1.03 bits per heavy atom. The van der Waals surface area contributed by atoms with Crippen molar-refractivity contribution in [2.45, 2.75) is 18.4 Å². The summed E-state index contributed by atoms with van der Waals surface area (Å²) in [5, 5.41) is 14.0. The molecule has 2 aromatic carbocycles. The smallest absolute Gasteiger partial charge is 0.243 e. The number of halogens is 2. The van der Waals surface area contributed by atoms with Gasteiger partial charge in [-0.2, -0.15) is 8.99 Å². The van der Waals surface area contributed by atoms with E-state index in [0.29, 0.717) is 31.1 Å². The third kappa shape index (κ3) is 5.05. The molecule has 13 heteroatoms. The second-order valence-corrected chi connectivity index (χ2v) is 9.43. The van der Waals surface area contributed by atoms with Gasteiger partial charge in [0.15, 0.2) is 17.5 Å². The first-order valence-electron chi connectivity index (χ1n) is 10.1. The van der Waals surface area contributed by atoms with E-state index in [2.05, 4.69) is 20.8 Å². The van der Waals surface area contributed by atoms with Gasteiger partial charge in [-0.25, -0.2) is 17.2 Å². The molecule has 1 saturated heterocycles. The number of piperazine rings is 1. The first-order valence-corrected chi connectivity index (χ1v) is 11.5. The summed E-state index contributed by atoms with van der Waals surface area (Å²) in [6.07, 6.45) is 0. The van der Waals surface area contributed by atoms with Gasteiger partial charge in [0, 0.05) is 44.9 Å². The molecule has 1 aliphatic rings. The number of amides is 1. The van der Waals surface area contributed by atoms with Crippen LogP contribution >= 0.6 is 0 Å². The molecule has 0 bridgehead atoms. The molecule has 0 radical (unpaired) electrons. The zero-order valence-corrected chi connectivity index (χ0v) is 18.5. The van der Waals surface area contributed by atoms with Gasteiger partial charge in [-0.1, -0.05) is 0 Å². The number of carbonyl (C=O) groups is 1. The molecule has 4 rings (SSSR count). The van der Waals surface area contributed by atoms with E-state index in [1.54, 1.807) is 12.1 Å². The second kappa shape index (κ2) is 9.29. The summed E-state index contributed by atoms with van der Waals surface area (Å²) >= 11 is 0. The van der Waals surface area contributed by atoms with Crippen molar-refractivity contribution < 1.29 is 22.0 Å². The Morgan fingerprint density at radius 3 is 2.36 bits per heavy atom. The fourth-order valence-corrected chi connectivity index (χ4v) is 4.93. The van der Waals surface area contributed by atoms with E-state index < -0.39 is 21.7 Å². The number of aromatic nitrogens is 4. The van der Waals surface area contributed by atoms with Gasteiger partial charge < -0.3 is 5.32 Å². The molecule has 1 N–H and O–H groups in total. The lowest BCUT2D eigenvalue weighted by molar-refractivity contribution is -0.114. The Labute approximate surface area is 188 Å². The molecular formula is C20H21F2N7O3S. The predicted octanol–water partition coefficient (Wildman–Crippen LogP) is 1.41. The fourth-order valence-electron chi connectivity index (χ4n) is 3.51. The highest BCUT2D eigenvalue weighted by molar-refractivity contribution is 7.89. The maximum Gasteiger partial charge on any atom is 0.243 e. The summed E-state index contributed by atoms with van der Waals surface area (Å²) in [5.41, 5.74) is 0.808. The number of rotatable bonds is 6. The molecule has 0 spiro atoms. The van der Waals surface area contributed by atoms with Crippen molar-refractivity contribution in [1.82, 2.24) is 29.4 Å². The largest absolute Gasteiger partial charge is 0.326 e. The Kier molecular flexibility index (Phi) is 6.44. The fraction of sp³-hybridized carbons (Fsp3) is 0.300. The van der Waals surface area contributed by atoms with Crippen molar-refractivity contribution in [2.75, 3.05) is 31.5 Å². The van der Waals surface area contributed by atoms with Crippen molar-refractivity contribution >= 4 is 21.6 Å². The highest BCUT2D eigenvalue weighted by Crippen LogP contribution is 2.21. The highest BCUT2D eigenvalue weighted by atomic mass is 32.2. The molecule has 0 aliphatic carbocycles. The maximum absolute atomic E-state index is 13.6. The van der Waals surface area contributed by atoms with Crippen LogP contribution in [0.15, 0.2) is 47.4 Å². The average molecular weight is 477 g/mol. The molecule has 174 valence electrons. The number of hydrogen-bond donors (Lipinski definition) is 1. The van der Waals surface area contributed by atoms with Crippen molar-refractivity contribution in [3.8, 4) is 5.69 Å². The van der Waals surface area contributed by atoms with Crippen LogP contribution in [0.3, 0.4) is 0 Å². The quantitative estimate of drug-likeness (QED) is 0.571. The van der Waals surface area contributed by atoms with Crippen molar-refractivity contribution in [1.29, 1.82) is 0 Å². The van der Waals surface area contributed by atoms with Gasteiger partial charge in [-0.3, -0.25) is 9.69 Å². The summed E-state index contributed by atoms with van der Waals surface area (Å²) in [7, 11) is -3.68.